The first kappa shape index (κ1) is 13.1. The first-order valence-electron chi connectivity index (χ1n) is 5.39. The van der Waals surface area contributed by atoms with E-state index in [0.717, 1.165) is 17.9 Å². The van der Waals surface area contributed by atoms with Crippen LogP contribution in [0.3, 0.4) is 0 Å². The molecule has 0 atom stereocenters. The van der Waals surface area contributed by atoms with E-state index in [4.69, 9.17) is 4.74 Å². The van der Waals surface area contributed by atoms with Gasteiger partial charge in [0.2, 0.25) is 0 Å². The summed E-state index contributed by atoms with van der Waals surface area (Å²) in [7, 11) is 1.54. The zero-order chi connectivity index (χ0) is 12.0. The second-order valence-corrected chi connectivity index (χ2v) is 4.82. The molecule has 0 aromatic carbocycles. The average molecular weight is 242 g/mol. The summed E-state index contributed by atoms with van der Waals surface area (Å²) in [6.07, 6.45) is 0.958. The minimum absolute atomic E-state index is 0.0363. The van der Waals surface area contributed by atoms with E-state index in [2.05, 4.69) is 11.9 Å². The predicted molar refractivity (Wildman–Crippen MR) is 67.4 cm³/mol. The number of hydrogen-bond donors (Lipinski definition) is 0. The molecule has 90 valence electrons. The van der Waals surface area contributed by atoms with E-state index in [0.29, 0.717) is 18.2 Å². The number of aryl methyl sites for hydroxylation is 1. The molecule has 1 aromatic heterocycles. The van der Waals surface area contributed by atoms with Crippen LogP contribution in [0, 0.1) is 6.92 Å². The topological polar surface area (TPSA) is 44.1 Å². The molecule has 4 nitrogen and oxygen atoms in total. The Morgan fingerprint density at radius 2 is 2.31 bits per heavy atom. The zero-order valence-corrected chi connectivity index (χ0v) is 10.8. The number of nitrogens with zero attached hydrogens (tertiary/aromatic N) is 2. The normalized spacial score (nSPS) is 10.4. The van der Waals surface area contributed by atoms with E-state index >= 15 is 0 Å². The Bertz CT molecular complexity index is 390. The van der Waals surface area contributed by atoms with Crippen molar-refractivity contribution in [2.24, 2.45) is 0 Å². The van der Waals surface area contributed by atoms with Crippen LogP contribution in [0.25, 0.3) is 0 Å². The van der Waals surface area contributed by atoms with Crippen molar-refractivity contribution in [2.45, 2.75) is 26.8 Å². The van der Waals surface area contributed by atoms with Crippen molar-refractivity contribution in [3.8, 4) is 6.01 Å². The summed E-state index contributed by atoms with van der Waals surface area (Å²) >= 11 is 1.87. The summed E-state index contributed by atoms with van der Waals surface area (Å²) in [5.41, 5.74) is 0.659. The van der Waals surface area contributed by atoms with Crippen molar-refractivity contribution >= 4 is 11.8 Å². The van der Waals surface area contributed by atoms with E-state index in [9.17, 15) is 4.79 Å². The zero-order valence-electron chi connectivity index (χ0n) is 10.0. The lowest BCUT2D eigenvalue weighted by atomic mass is 10.4. The van der Waals surface area contributed by atoms with E-state index in [1.807, 2.05) is 11.8 Å². The van der Waals surface area contributed by atoms with Crippen LogP contribution in [0.15, 0.2) is 10.9 Å². The molecule has 5 heteroatoms. The lowest BCUT2D eigenvalue weighted by molar-refractivity contribution is 0.344. The maximum Gasteiger partial charge on any atom is 0.299 e. The van der Waals surface area contributed by atoms with Gasteiger partial charge < -0.3 is 4.74 Å². The fraction of sp³-hybridized carbons (Fsp3) is 0.636. The molecule has 0 fully saturated rings. The quantitative estimate of drug-likeness (QED) is 0.712. The molecule has 0 amide bonds. The van der Waals surface area contributed by atoms with Crippen molar-refractivity contribution in [3.05, 3.63) is 22.1 Å². The minimum Gasteiger partial charge on any atom is -0.468 e. The minimum atomic E-state index is -0.0363. The van der Waals surface area contributed by atoms with Crippen molar-refractivity contribution in [1.29, 1.82) is 0 Å². The summed E-state index contributed by atoms with van der Waals surface area (Å²) < 4.78 is 6.70. The highest BCUT2D eigenvalue weighted by atomic mass is 32.2. The Hall–Kier alpha value is -0.970. The van der Waals surface area contributed by atoms with Gasteiger partial charge in [-0.1, -0.05) is 6.92 Å². The van der Waals surface area contributed by atoms with Gasteiger partial charge in [-0.2, -0.15) is 11.8 Å². The number of thioether (sulfide) groups is 1. The van der Waals surface area contributed by atoms with Gasteiger partial charge in [0.15, 0.2) is 0 Å². The van der Waals surface area contributed by atoms with E-state index < -0.39 is 0 Å². The first-order chi connectivity index (χ1) is 7.69. The van der Waals surface area contributed by atoms with Crippen LogP contribution >= 0.6 is 11.8 Å². The largest absolute Gasteiger partial charge is 0.468 e. The SMILES string of the molecule is CCSCCCn1c(OC)nc(C)cc1=O. The molecule has 0 saturated carbocycles. The number of methoxy groups -OCH3 is 1. The Kier molecular flexibility index (Phi) is 5.38. The van der Waals surface area contributed by atoms with Gasteiger partial charge in [0.05, 0.1) is 7.11 Å². The lowest BCUT2D eigenvalue weighted by Crippen LogP contribution is -2.23. The fourth-order valence-electron chi connectivity index (χ4n) is 1.43. The Labute approximate surface area is 100 Å². The summed E-state index contributed by atoms with van der Waals surface area (Å²) in [5, 5.41) is 0. The maximum atomic E-state index is 11.7. The molecular formula is C11H18N2O2S. The Morgan fingerprint density at radius 1 is 1.56 bits per heavy atom. The number of ether oxygens (including phenoxy) is 1. The second-order valence-electron chi connectivity index (χ2n) is 3.42. The van der Waals surface area contributed by atoms with Crippen LogP contribution in [0.1, 0.15) is 19.0 Å². The average Bonchev–Trinajstić information content (AvgIpc) is 2.26. The molecule has 0 N–H and O–H groups in total. The molecule has 0 aliphatic rings. The van der Waals surface area contributed by atoms with Crippen molar-refractivity contribution in [3.63, 3.8) is 0 Å². The molecule has 0 saturated heterocycles. The van der Waals surface area contributed by atoms with Gasteiger partial charge in [-0.3, -0.25) is 9.36 Å². The van der Waals surface area contributed by atoms with E-state index in [-0.39, 0.29) is 5.56 Å². The third kappa shape index (κ3) is 3.56. The molecule has 0 bridgehead atoms. The van der Waals surface area contributed by atoms with Crippen LogP contribution in [0.4, 0.5) is 0 Å². The highest BCUT2D eigenvalue weighted by Crippen LogP contribution is 2.07. The second kappa shape index (κ2) is 6.58. The number of hydrogen-bond acceptors (Lipinski definition) is 4. The van der Waals surface area contributed by atoms with Gasteiger partial charge in [-0.15, -0.1) is 0 Å². The monoisotopic (exact) mass is 242 g/mol. The van der Waals surface area contributed by atoms with Crippen LogP contribution in [0.2, 0.25) is 0 Å². The van der Waals surface area contributed by atoms with Crippen LogP contribution in [0.5, 0.6) is 6.01 Å². The summed E-state index contributed by atoms with van der Waals surface area (Å²) in [4.78, 5) is 15.9. The van der Waals surface area contributed by atoms with E-state index in [1.165, 1.54) is 6.07 Å². The molecule has 1 heterocycles. The van der Waals surface area contributed by atoms with Gasteiger partial charge >= 0.3 is 0 Å². The molecule has 16 heavy (non-hydrogen) atoms. The Morgan fingerprint density at radius 3 is 2.94 bits per heavy atom. The summed E-state index contributed by atoms with van der Waals surface area (Å²) in [6.45, 7) is 4.59. The summed E-state index contributed by atoms with van der Waals surface area (Å²) in [5.74, 6) is 2.16. The fourth-order valence-corrected chi connectivity index (χ4v) is 2.05. The highest BCUT2D eigenvalue weighted by molar-refractivity contribution is 7.99. The first-order valence-corrected chi connectivity index (χ1v) is 6.54. The standard InChI is InChI=1S/C11H18N2O2S/c1-4-16-7-5-6-13-10(14)8-9(2)12-11(13)15-3/h8H,4-7H2,1-3H3. The number of aromatic nitrogens is 2. The van der Waals surface area contributed by atoms with Gasteiger partial charge in [0.1, 0.15) is 0 Å². The molecule has 0 spiro atoms. The van der Waals surface area contributed by atoms with Crippen LogP contribution in [-0.2, 0) is 6.54 Å². The van der Waals surface area contributed by atoms with Crippen molar-refractivity contribution in [2.75, 3.05) is 18.6 Å². The molecule has 0 aliphatic heterocycles. The third-order valence-electron chi connectivity index (χ3n) is 2.16. The smallest absolute Gasteiger partial charge is 0.299 e. The molecule has 0 unspecified atom stereocenters. The number of rotatable bonds is 6. The van der Waals surface area contributed by atoms with Gasteiger partial charge in [-0.05, 0) is 24.9 Å². The van der Waals surface area contributed by atoms with Crippen molar-refractivity contribution < 1.29 is 4.74 Å². The molecule has 1 aromatic rings. The van der Waals surface area contributed by atoms with Gasteiger partial charge in [0.25, 0.3) is 11.6 Å². The van der Waals surface area contributed by atoms with Crippen LogP contribution < -0.4 is 10.3 Å². The third-order valence-corrected chi connectivity index (χ3v) is 3.14. The maximum absolute atomic E-state index is 11.7. The highest BCUT2D eigenvalue weighted by Gasteiger charge is 2.06. The Balaban J connectivity index is 2.74. The predicted octanol–water partition coefficient (Wildman–Crippen LogP) is 1.70. The molecular weight excluding hydrogens is 224 g/mol. The van der Waals surface area contributed by atoms with E-state index in [1.54, 1.807) is 18.6 Å². The molecule has 0 aliphatic carbocycles. The lowest BCUT2D eigenvalue weighted by Gasteiger charge is -2.10. The van der Waals surface area contributed by atoms with Gasteiger partial charge in [-0.25, -0.2) is 4.98 Å². The summed E-state index contributed by atoms with van der Waals surface area (Å²) in [6, 6.07) is 1.95. The van der Waals surface area contributed by atoms with Gasteiger partial charge in [0, 0.05) is 18.3 Å². The molecule has 1 rings (SSSR count). The van der Waals surface area contributed by atoms with Crippen LogP contribution in [-0.4, -0.2) is 28.2 Å². The molecule has 0 radical (unpaired) electrons. The van der Waals surface area contributed by atoms with Crippen molar-refractivity contribution in [1.82, 2.24) is 9.55 Å².